The van der Waals surface area contributed by atoms with Crippen LogP contribution in [0.1, 0.15) is 22.8 Å². The second kappa shape index (κ2) is 5.87. The Labute approximate surface area is 97.8 Å². The second-order valence-electron chi connectivity index (χ2n) is 3.96. The monoisotopic (exact) mass is 223 g/mol. The lowest BCUT2D eigenvalue weighted by Gasteiger charge is -2.19. The van der Waals surface area contributed by atoms with E-state index in [1.165, 1.54) is 11.1 Å². The van der Waals surface area contributed by atoms with Crippen LogP contribution in [0.4, 0.5) is 0 Å². The van der Waals surface area contributed by atoms with Crippen molar-refractivity contribution < 1.29 is 9.47 Å². The molecule has 0 aliphatic rings. The Kier molecular flexibility index (Phi) is 4.77. The summed E-state index contributed by atoms with van der Waals surface area (Å²) in [5, 5.41) is 3.12. The maximum Gasteiger partial charge on any atom is 0.125 e. The second-order valence-corrected chi connectivity index (χ2v) is 3.96. The third-order valence-electron chi connectivity index (χ3n) is 2.87. The van der Waals surface area contributed by atoms with Crippen molar-refractivity contribution in [2.24, 2.45) is 0 Å². The first-order valence-electron chi connectivity index (χ1n) is 5.46. The maximum absolute atomic E-state index is 5.47. The highest BCUT2D eigenvalue weighted by Crippen LogP contribution is 2.29. The lowest BCUT2D eigenvalue weighted by Crippen LogP contribution is -2.19. The van der Waals surface area contributed by atoms with Crippen LogP contribution in [0.2, 0.25) is 0 Å². The van der Waals surface area contributed by atoms with Crippen LogP contribution in [-0.2, 0) is 4.74 Å². The number of aryl methyl sites for hydroxylation is 2. The van der Waals surface area contributed by atoms with Crippen molar-refractivity contribution in [2.45, 2.75) is 20.0 Å². The predicted octanol–water partition coefficient (Wildman–Crippen LogP) is 2.22. The molecule has 1 aromatic rings. The molecule has 1 N–H and O–H groups in total. The van der Waals surface area contributed by atoms with E-state index in [0.717, 1.165) is 17.9 Å². The fourth-order valence-electron chi connectivity index (χ4n) is 1.75. The summed E-state index contributed by atoms with van der Waals surface area (Å²) in [6.45, 7) is 4.96. The van der Waals surface area contributed by atoms with Gasteiger partial charge >= 0.3 is 0 Å². The van der Waals surface area contributed by atoms with Gasteiger partial charge in [-0.1, -0.05) is 0 Å². The van der Waals surface area contributed by atoms with Crippen molar-refractivity contribution in [3.63, 3.8) is 0 Å². The molecule has 1 unspecified atom stereocenters. The fraction of sp³-hybridized carbons (Fsp3) is 0.538. The number of nitrogens with one attached hydrogen (secondary N) is 1. The summed E-state index contributed by atoms with van der Waals surface area (Å²) < 4.78 is 10.9. The molecular weight excluding hydrogens is 202 g/mol. The molecule has 1 rings (SSSR count). The highest BCUT2D eigenvalue weighted by Gasteiger charge is 2.15. The summed E-state index contributed by atoms with van der Waals surface area (Å²) in [4.78, 5) is 0. The Bertz CT molecular complexity index is 350. The molecular formula is C13H21NO2. The Morgan fingerprint density at radius 3 is 2.31 bits per heavy atom. The van der Waals surface area contributed by atoms with Crippen molar-refractivity contribution >= 4 is 0 Å². The summed E-state index contributed by atoms with van der Waals surface area (Å²) in [5.41, 5.74) is 3.59. The van der Waals surface area contributed by atoms with Gasteiger partial charge in [-0.25, -0.2) is 0 Å². The van der Waals surface area contributed by atoms with E-state index >= 15 is 0 Å². The average Bonchev–Trinajstić information content (AvgIpc) is 2.29. The number of methoxy groups -OCH3 is 2. The molecule has 0 aliphatic heterocycles. The van der Waals surface area contributed by atoms with Crippen molar-refractivity contribution in [3.8, 4) is 5.75 Å². The number of benzene rings is 1. The molecule has 0 saturated carbocycles. The third kappa shape index (κ3) is 2.74. The smallest absolute Gasteiger partial charge is 0.125 e. The largest absolute Gasteiger partial charge is 0.496 e. The van der Waals surface area contributed by atoms with Crippen LogP contribution in [0.3, 0.4) is 0 Å². The molecule has 0 saturated heterocycles. The number of hydrogen-bond acceptors (Lipinski definition) is 3. The van der Waals surface area contributed by atoms with E-state index in [2.05, 4.69) is 31.3 Å². The first-order chi connectivity index (χ1) is 7.63. The molecule has 1 atom stereocenters. The van der Waals surface area contributed by atoms with Gasteiger partial charge in [-0.05, 0) is 44.2 Å². The van der Waals surface area contributed by atoms with Crippen molar-refractivity contribution in [1.29, 1.82) is 0 Å². The first-order valence-corrected chi connectivity index (χ1v) is 5.46. The SMILES string of the molecule is CNCC(OC)c1cc(C)c(C)cc1OC. The Morgan fingerprint density at radius 2 is 1.81 bits per heavy atom. The van der Waals surface area contributed by atoms with Gasteiger partial charge in [0.15, 0.2) is 0 Å². The van der Waals surface area contributed by atoms with E-state index in [1.54, 1.807) is 14.2 Å². The van der Waals surface area contributed by atoms with E-state index in [9.17, 15) is 0 Å². The molecule has 3 nitrogen and oxygen atoms in total. The molecule has 0 spiro atoms. The van der Waals surface area contributed by atoms with Crippen molar-refractivity contribution in [3.05, 3.63) is 28.8 Å². The van der Waals surface area contributed by atoms with Gasteiger partial charge in [-0.2, -0.15) is 0 Å². The Hall–Kier alpha value is -1.06. The molecule has 0 fully saturated rings. The van der Waals surface area contributed by atoms with Gasteiger partial charge < -0.3 is 14.8 Å². The number of rotatable bonds is 5. The summed E-state index contributed by atoms with van der Waals surface area (Å²) in [6, 6.07) is 4.20. The van der Waals surface area contributed by atoms with E-state index in [1.807, 2.05) is 7.05 Å². The average molecular weight is 223 g/mol. The minimum absolute atomic E-state index is 0.0271. The predicted molar refractivity (Wildman–Crippen MR) is 66.1 cm³/mol. The molecule has 0 amide bonds. The van der Waals surface area contributed by atoms with Crippen LogP contribution in [0.5, 0.6) is 5.75 Å². The van der Waals surface area contributed by atoms with Crippen LogP contribution in [-0.4, -0.2) is 27.8 Å². The summed E-state index contributed by atoms with van der Waals surface area (Å²) in [5.74, 6) is 0.894. The van der Waals surface area contributed by atoms with Crippen molar-refractivity contribution in [1.82, 2.24) is 5.32 Å². The van der Waals surface area contributed by atoms with Crippen molar-refractivity contribution in [2.75, 3.05) is 27.8 Å². The zero-order valence-corrected chi connectivity index (χ0v) is 10.8. The third-order valence-corrected chi connectivity index (χ3v) is 2.87. The highest BCUT2D eigenvalue weighted by atomic mass is 16.5. The summed E-state index contributed by atoms with van der Waals surface area (Å²) >= 11 is 0. The molecule has 16 heavy (non-hydrogen) atoms. The minimum Gasteiger partial charge on any atom is -0.496 e. The topological polar surface area (TPSA) is 30.5 Å². The highest BCUT2D eigenvalue weighted by molar-refractivity contribution is 5.43. The summed E-state index contributed by atoms with van der Waals surface area (Å²) in [6.07, 6.45) is 0.0271. The standard InChI is InChI=1S/C13H21NO2/c1-9-6-11(13(16-5)8-14-3)12(15-4)7-10(9)2/h6-7,13-14H,8H2,1-5H3. The van der Waals surface area contributed by atoms with E-state index in [-0.39, 0.29) is 6.10 Å². The molecule has 3 heteroatoms. The molecule has 0 bridgehead atoms. The minimum atomic E-state index is 0.0271. The number of ether oxygens (including phenoxy) is 2. The van der Waals surface area contributed by atoms with E-state index in [0.29, 0.717) is 0 Å². The first kappa shape index (κ1) is 13.0. The lowest BCUT2D eigenvalue weighted by molar-refractivity contribution is 0.102. The molecule has 0 aromatic heterocycles. The molecule has 1 aromatic carbocycles. The molecule has 90 valence electrons. The number of likely N-dealkylation sites (N-methyl/N-ethyl adjacent to an activating group) is 1. The van der Waals surface area contributed by atoms with Crippen LogP contribution < -0.4 is 10.1 Å². The van der Waals surface area contributed by atoms with Gasteiger partial charge in [0.25, 0.3) is 0 Å². The van der Waals surface area contributed by atoms with Gasteiger partial charge in [-0.15, -0.1) is 0 Å². The van der Waals surface area contributed by atoms with Crippen LogP contribution in [0.25, 0.3) is 0 Å². The summed E-state index contributed by atoms with van der Waals surface area (Å²) in [7, 11) is 5.33. The molecule has 0 radical (unpaired) electrons. The van der Waals surface area contributed by atoms with E-state index in [4.69, 9.17) is 9.47 Å². The zero-order chi connectivity index (χ0) is 12.1. The van der Waals surface area contributed by atoms with Gasteiger partial charge in [0.05, 0.1) is 13.2 Å². The normalized spacial score (nSPS) is 12.6. The van der Waals surface area contributed by atoms with E-state index < -0.39 is 0 Å². The van der Waals surface area contributed by atoms with Gasteiger partial charge in [0, 0.05) is 19.2 Å². The van der Waals surface area contributed by atoms with Crippen LogP contribution in [0, 0.1) is 13.8 Å². The van der Waals surface area contributed by atoms with Gasteiger partial charge in [0.1, 0.15) is 5.75 Å². The van der Waals surface area contributed by atoms with Crippen LogP contribution >= 0.6 is 0 Å². The van der Waals surface area contributed by atoms with Gasteiger partial charge in [-0.3, -0.25) is 0 Å². The Balaban J connectivity index is 3.13. The van der Waals surface area contributed by atoms with Gasteiger partial charge in [0.2, 0.25) is 0 Å². The molecule has 0 heterocycles. The lowest BCUT2D eigenvalue weighted by atomic mass is 10.0. The fourth-order valence-corrected chi connectivity index (χ4v) is 1.75. The maximum atomic E-state index is 5.47. The number of hydrogen-bond donors (Lipinski definition) is 1. The Morgan fingerprint density at radius 1 is 1.19 bits per heavy atom. The van der Waals surface area contributed by atoms with Crippen LogP contribution in [0.15, 0.2) is 12.1 Å². The quantitative estimate of drug-likeness (QED) is 0.830. The zero-order valence-electron chi connectivity index (χ0n) is 10.8. The molecule has 0 aliphatic carbocycles.